The van der Waals surface area contributed by atoms with Gasteiger partial charge in [0.25, 0.3) is 0 Å². The number of pyridine rings is 1. The maximum atomic E-state index is 11.7. The standard InChI is InChI=1S/C19H17ClN6O3S/c1-10-8-11(9-12(20)16(10)25-30(3,28)29)17-18(13-6-7-26(2)24-13)23-19-14(21-17)4-5-15(27)22-19/h4-9,25H,1-3H3,(H,22,23,27). The molecule has 2 N–H and O–H groups in total. The van der Waals surface area contributed by atoms with Gasteiger partial charge in [0.05, 0.1) is 22.7 Å². The van der Waals surface area contributed by atoms with Crippen molar-refractivity contribution in [2.45, 2.75) is 6.92 Å². The summed E-state index contributed by atoms with van der Waals surface area (Å²) in [6, 6.07) is 8.14. The van der Waals surface area contributed by atoms with Gasteiger partial charge in [0.2, 0.25) is 15.6 Å². The lowest BCUT2D eigenvalue weighted by molar-refractivity contribution is 0.607. The summed E-state index contributed by atoms with van der Waals surface area (Å²) in [5, 5.41) is 4.63. The second-order valence-electron chi connectivity index (χ2n) is 6.88. The van der Waals surface area contributed by atoms with Gasteiger partial charge in [-0.1, -0.05) is 11.6 Å². The van der Waals surface area contributed by atoms with Gasteiger partial charge >= 0.3 is 0 Å². The number of nitrogens with one attached hydrogen (secondary N) is 2. The molecule has 0 spiro atoms. The van der Waals surface area contributed by atoms with Gasteiger partial charge in [0.1, 0.15) is 16.9 Å². The zero-order valence-electron chi connectivity index (χ0n) is 16.3. The summed E-state index contributed by atoms with van der Waals surface area (Å²) in [5.41, 5.74) is 3.65. The molecular formula is C19H17ClN6O3S. The van der Waals surface area contributed by atoms with Gasteiger partial charge in [0, 0.05) is 24.9 Å². The van der Waals surface area contributed by atoms with Crippen molar-refractivity contribution in [2.24, 2.45) is 7.05 Å². The summed E-state index contributed by atoms with van der Waals surface area (Å²) in [5.74, 6) is 0. The summed E-state index contributed by atoms with van der Waals surface area (Å²) >= 11 is 6.39. The fourth-order valence-corrected chi connectivity index (χ4v) is 4.10. The van der Waals surface area contributed by atoms with E-state index in [2.05, 4.69) is 24.8 Å². The third-order valence-electron chi connectivity index (χ3n) is 4.36. The quantitative estimate of drug-likeness (QED) is 0.499. The lowest BCUT2D eigenvalue weighted by atomic mass is 10.0. The van der Waals surface area contributed by atoms with Crippen molar-refractivity contribution in [1.82, 2.24) is 24.7 Å². The Kier molecular flexibility index (Phi) is 4.83. The number of rotatable bonds is 4. The molecule has 4 aromatic rings. The molecule has 0 radical (unpaired) electrons. The van der Waals surface area contributed by atoms with E-state index in [1.807, 2.05) is 0 Å². The number of fused-ring (bicyclic) bond motifs is 1. The van der Waals surface area contributed by atoms with Crippen LogP contribution in [0.2, 0.25) is 5.02 Å². The Hall–Kier alpha value is -3.24. The molecule has 154 valence electrons. The summed E-state index contributed by atoms with van der Waals surface area (Å²) in [6.45, 7) is 1.75. The number of halogens is 1. The highest BCUT2D eigenvalue weighted by molar-refractivity contribution is 7.92. The third-order valence-corrected chi connectivity index (χ3v) is 5.23. The van der Waals surface area contributed by atoms with E-state index < -0.39 is 10.0 Å². The molecule has 3 aromatic heterocycles. The van der Waals surface area contributed by atoms with Crippen molar-refractivity contribution in [3.63, 3.8) is 0 Å². The van der Waals surface area contributed by atoms with Gasteiger partial charge in [-0.3, -0.25) is 14.2 Å². The lowest BCUT2D eigenvalue weighted by Gasteiger charge is -2.14. The lowest BCUT2D eigenvalue weighted by Crippen LogP contribution is -2.11. The molecule has 0 atom stereocenters. The molecule has 0 aliphatic carbocycles. The molecule has 0 aliphatic heterocycles. The average Bonchev–Trinajstić information content (AvgIpc) is 3.09. The van der Waals surface area contributed by atoms with Crippen LogP contribution in [0.25, 0.3) is 33.8 Å². The molecule has 0 amide bonds. The Morgan fingerprint density at radius 3 is 2.53 bits per heavy atom. The van der Waals surface area contributed by atoms with Crippen LogP contribution in [0.3, 0.4) is 0 Å². The average molecular weight is 445 g/mol. The normalized spacial score (nSPS) is 11.7. The smallest absolute Gasteiger partial charge is 0.249 e. The monoisotopic (exact) mass is 444 g/mol. The number of H-pyrrole nitrogens is 1. The predicted octanol–water partition coefficient (Wildman–Crippen LogP) is 2.72. The number of hydrogen-bond acceptors (Lipinski definition) is 6. The minimum Gasteiger partial charge on any atom is -0.305 e. The number of sulfonamides is 1. The summed E-state index contributed by atoms with van der Waals surface area (Å²) < 4.78 is 27.4. The first-order chi connectivity index (χ1) is 14.1. The second kappa shape index (κ2) is 7.22. The Balaban J connectivity index is 1.98. The van der Waals surface area contributed by atoms with Crippen LogP contribution < -0.4 is 10.3 Å². The molecule has 30 heavy (non-hydrogen) atoms. The molecular weight excluding hydrogens is 428 g/mol. The molecule has 4 rings (SSSR count). The van der Waals surface area contributed by atoms with Crippen LogP contribution in [-0.4, -0.2) is 39.4 Å². The zero-order valence-corrected chi connectivity index (χ0v) is 17.8. The molecule has 0 fully saturated rings. The minimum atomic E-state index is -3.49. The molecule has 0 saturated carbocycles. The van der Waals surface area contributed by atoms with E-state index in [0.29, 0.717) is 45.1 Å². The van der Waals surface area contributed by atoms with Crippen molar-refractivity contribution in [2.75, 3.05) is 11.0 Å². The maximum absolute atomic E-state index is 11.7. The number of aromatic nitrogens is 5. The minimum absolute atomic E-state index is 0.228. The molecule has 3 heterocycles. The number of hydrogen-bond donors (Lipinski definition) is 2. The number of aryl methyl sites for hydroxylation is 2. The SMILES string of the molecule is Cc1cc(-c2nc3ccc(=O)[nH]c3nc2-c2ccn(C)n2)cc(Cl)c1NS(C)(=O)=O. The van der Waals surface area contributed by atoms with Crippen molar-refractivity contribution >= 4 is 38.5 Å². The van der Waals surface area contributed by atoms with E-state index in [1.54, 1.807) is 49.1 Å². The first kappa shape index (κ1) is 20.0. The largest absolute Gasteiger partial charge is 0.305 e. The van der Waals surface area contributed by atoms with E-state index in [0.717, 1.165) is 6.26 Å². The first-order valence-electron chi connectivity index (χ1n) is 8.80. The molecule has 0 bridgehead atoms. The number of benzene rings is 1. The number of aromatic amines is 1. The Bertz CT molecular complexity index is 1440. The van der Waals surface area contributed by atoms with Crippen LogP contribution in [0.4, 0.5) is 5.69 Å². The van der Waals surface area contributed by atoms with Crippen LogP contribution in [-0.2, 0) is 17.1 Å². The van der Waals surface area contributed by atoms with E-state index in [-0.39, 0.29) is 10.6 Å². The van der Waals surface area contributed by atoms with E-state index >= 15 is 0 Å². The van der Waals surface area contributed by atoms with Gasteiger partial charge in [-0.2, -0.15) is 5.10 Å². The molecule has 0 unspecified atom stereocenters. The Morgan fingerprint density at radius 2 is 1.90 bits per heavy atom. The van der Waals surface area contributed by atoms with Crippen LogP contribution in [0.5, 0.6) is 0 Å². The summed E-state index contributed by atoms with van der Waals surface area (Å²) in [4.78, 5) is 23.7. The molecule has 9 nitrogen and oxygen atoms in total. The van der Waals surface area contributed by atoms with Gasteiger partial charge in [-0.15, -0.1) is 0 Å². The number of anilines is 1. The van der Waals surface area contributed by atoms with Crippen LogP contribution in [0.1, 0.15) is 5.56 Å². The molecule has 0 aliphatic rings. The fraction of sp³-hybridized carbons (Fsp3) is 0.158. The first-order valence-corrected chi connectivity index (χ1v) is 11.1. The Morgan fingerprint density at radius 1 is 1.13 bits per heavy atom. The highest BCUT2D eigenvalue weighted by atomic mass is 35.5. The van der Waals surface area contributed by atoms with Gasteiger partial charge in [0.15, 0.2) is 5.65 Å². The highest BCUT2D eigenvalue weighted by Crippen LogP contribution is 2.35. The van der Waals surface area contributed by atoms with Gasteiger partial charge in [-0.25, -0.2) is 18.4 Å². The van der Waals surface area contributed by atoms with Gasteiger partial charge < -0.3 is 4.98 Å². The van der Waals surface area contributed by atoms with Crippen LogP contribution in [0, 0.1) is 6.92 Å². The molecule has 0 saturated heterocycles. The van der Waals surface area contributed by atoms with Crippen LogP contribution in [0.15, 0.2) is 41.3 Å². The van der Waals surface area contributed by atoms with Crippen molar-refractivity contribution < 1.29 is 8.42 Å². The van der Waals surface area contributed by atoms with Crippen molar-refractivity contribution in [3.05, 3.63) is 57.5 Å². The zero-order chi connectivity index (χ0) is 21.6. The van der Waals surface area contributed by atoms with Gasteiger partial charge in [-0.05, 0) is 36.8 Å². The van der Waals surface area contributed by atoms with E-state index in [1.165, 1.54) is 6.07 Å². The maximum Gasteiger partial charge on any atom is 0.249 e. The second-order valence-corrected chi connectivity index (χ2v) is 9.03. The van der Waals surface area contributed by atoms with Crippen molar-refractivity contribution in [3.8, 4) is 22.6 Å². The van der Waals surface area contributed by atoms with E-state index in [4.69, 9.17) is 11.6 Å². The third kappa shape index (κ3) is 3.91. The summed E-state index contributed by atoms with van der Waals surface area (Å²) in [6.07, 6.45) is 2.83. The topological polar surface area (TPSA) is 123 Å². The predicted molar refractivity (Wildman–Crippen MR) is 116 cm³/mol. The summed E-state index contributed by atoms with van der Waals surface area (Å²) in [7, 11) is -1.71. The highest BCUT2D eigenvalue weighted by Gasteiger charge is 2.19. The Labute approximate surface area is 176 Å². The van der Waals surface area contributed by atoms with E-state index in [9.17, 15) is 13.2 Å². The number of nitrogens with zero attached hydrogens (tertiary/aromatic N) is 4. The molecule has 1 aromatic carbocycles. The fourth-order valence-electron chi connectivity index (χ4n) is 3.09. The van der Waals surface area contributed by atoms with Crippen molar-refractivity contribution in [1.29, 1.82) is 0 Å². The molecule has 11 heteroatoms. The van der Waals surface area contributed by atoms with Crippen LogP contribution >= 0.6 is 11.6 Å².